The lowest BCUT2D eigenvalue weighted by Crippen LogP contribution is -2.56. The Bertz CT molecular complexity index is 397. The van der Waals surface area contributed by atoms with Gasteiger partial charge in [-0.3, -0.25) is 4.79 Å². The fourth-order valence-electron chi connectivity index (χ4n) is 3.91. The van der Waals surface area contributed by atoms with E-state index in [1.165, 1.54) is 0 Å². The van der Waals surface area contributed by atoms with Crippen molar-refractivity contribution in [2.75, 3.05) is 6.54 Å². The lowest BCUT2D eigenvalue weighted by molar-refractivity contribution is -0.181. The van der Waals surface area contributed by atoms with Crippen LogP contribution in [0.4, 0.5) is 0 Å². The minimum absolute atomic E-state index is 0.0646. The fraction of sp³-hybridized carbons (Fsp3) is 0.933. The zero-order chi connectivity index (χ0) is 14.5. The van der Waals surface area contributed by atoms with Crippen LogP contribution in [0.2, 0.25) is 0 Å². The predicted molar refractivity (Wildman–Crippen MR) is 73.0 cm³/mol. The Kier molecular flexibility index (Phi) is 3.55. The summed E-state index contributed by atoms with van der Waals surface area (Å²) in [7, 11) is 0. The van der Waals surface area contributed by atoms with Crippen molar-refractivity contribution in [3.05, 3.63) is 0 Å². The van der Waals surface area contributed by atoms with Gasteiger partial charge in [0.2, 0.25) is 5.91 Å². The Hall–Kier alpha value is -0.650. The average molecular weight is 283 g/mol. The second kappa shape index (κ2) is 4.97. The highest BCUT2D eigenvalue weighted by Gasteiger charge is 2.58. The van der Waals surface area contributed by atoms with E-state index in [9.17, 15) is 9.90 Å². The van der Waals surface area contributed by atoms with Gasteiger partial charge in [0.05, 0.1) is 18.7 Å². The van der Waals surface area contributed by atoms with Gasteiger partial charge >= 0.3 is 0 Å². The molecule has 3 rings (SSSR count). The molecule has 5 heteroatoms. The van der Waals surface area contributed by atoms with Gasteiger partial charge in [0.15, 0.2) is 5.79 Å². The number of fused-ring (bicyclic) bond motifs is 3. The summed E-state index contributed by atoms with van der Waals surface area (Å²) in [6.07, 6.45) is 2.73. The molecule has 0 aromatic carbocycles. The van der Waals surface area contributed by atoms with Gasteiger partial charge in [0.1, 0.15) is 12.2 Å². The lowest BCUT2D eigenvalue weighted by atomic mass is 9.83. The van der Waals surface area contributed by atoms with Crippen molar-refractivity contribution in [1.82, 2.24) is 4.90 Å². The first-order chi connectivity index (χ1) is 9.43. The van der Waals surface area contributed by atoms with Gasteiger partial charge in [-0.2, -0.15) is 0 Å². The number of hydrogen-bond donors (Lipinski definition) is 1. The number of carbonyl (C=O) groups is 1. The molecule has 0 radical (unpaired) electrons. The number of hydrogen-bond acceptors (Lipinski definition) is 4. The van der Waals surface area contributed by atoms with Crippen LogP contribution in [0.25, 0.3) is 0 Å². The number of rotatable bonds is 3. The number of ether oxygens (including phenoxy) is 2. The molecule has 1 unspecified atom stereocenters. The van der Waals surface area contributed by atoms with Crippen molar-refractivity contribution in [3.63, 3.8) is 0 Å². The zero-order valence-electron chi connectivity index (χ0n) is 12.5. The van der Waals surface area contributed by atoms with Crippen molar-refractivity contribution in [2.45, 2.75) is 76.6 Å². The molecule has 0 aliphatic carbocycles. The van der Waals surface area contributed by atoms with Crippen molar-refractivity contribution in [3.8, 4) is 0 Å². The van der Waals surface area contributed by atoms with Gasteiger partial charge in [0, 0.05) is 6.42 Å². The van der Waals surface area contributed by atoms with E-state index >= 15 is 0 Å². The van der Waals surface area contributed by atoms with Gasteiger partial charge < -0.3 is 19.5 Å². The largest absolute Gasteiger partial charge is 0.391 e. The molecule has 5 atom stereocenters. The molecule has 3 saturated heterocycles. The van der Waals surface area contributed by atoms with Crippen LogP contribution in [0.5, 0.6) is 0 Å². The minimum atomic E-state index is -0.611. The number of aliphatic hydroxyl groups excluding tert-OH is 1. The number of nitrogens with zero attached hydrogens (tertiary/aromatic N) is 1. The molecule has 3 aliphatic heterocycles. The molecule has 0 bridgehead atoms. The van der Waals surface area contributed by atoms with Crippen LogP contribution >= 0.6 is 0 Å². The molecule has 1 amide bonds. The summed E-state index contributed by atoms with van der Waals surface area (Å²) in [6, 6.07) is -0.232. The molecule has 3 aliphatic rings. The van der Waals surface area contributed by atoms with E-state index < -0.39 is 11.9 Å². The van der Waals surface area contributed by atoms with Gasteiger partial charge in [0.25, 0.3) is 0 Å². The van der Waals surface area contributed by atoms with Crippen LogP contribution in [0.1, 0.15) is 46.5 Å². The molecule has 0 saturated carbocycles. The summed E-state index contributed by atoms with van der Waals surface area (Å²) >= 11 is 0. The van der Waals surface area contributed by atoms with Gasteiger partial charge in [-0.15, -0.1) is 0 Å². The Morgan fingerprint density at radius 2 is 2.15 bits per heavy atom. The third kappa shape index (κ3) is 2.26. The van der Waals surface area contributed by atoms with Crippen molar-refractivity contribution in [2.24, 2.45) is 5.92 Å². The van der Waals surface area contributed by atoms with Gasteiger partial charge in [-0.1, -0.05) is 19.8 Å². The van der Waals surface area contributed by atoms with Crippen LogP contribution in [0, 0.1) is 5.92 Å². The normalized spacial score (nSPS) is 42.7. The van der Waals surface area contributed by atoms with Crippen LogP contribution in [0.3, 0.4) is 0 Å². The molecule has 3 fully saturated rings. The highest BCUT2D eigenvalue weighted by atomic mass is 16.8. The van der Waals surface area contributed by atoms with E-state index in [1.54, 1.807) is 4.90 Å². The van der Waals surface area contributed by atoms with E-state index in [0.717, 1.165) is 19.3 Å². The Labute approximate surface area is 120 Å². The number of amides is 1. The summed E-state index contributed by atoms with van der Waals surface area (Å²) in [5.74, 6) is -0.406. The Morgan fingerprint density at radius 3 is 2.85 bits per heavy atom. The minimum Gasteiger partial charge on any atom is -0.391 e. The molecule has 5 nitrogen and oxygen atoms in total. The SMILES string of the molecule is CCCC[C@@H]1CC(=O)N2CC3OC(C)(C)O[C@H]3[C@@H]2[C@H]1O. The maximum Gasteiger partial charge on any atom is 0.223 e. The van der Waals surface area contributed by atoms with Gasteiger partial charge in [-0.05, 0) is 26.2 Å². The van der Waals surface area contributed by atoms with Crippen molar-refractivity contribution >= 4 is 5.91 Å². The maximum absolute atomic E-state index is 12.3. The number of carbonyl (C=O) groups excluding carboxylic acids is 1. The van der Waals surface area contributed by atoms with Crippen LogP contribution in [0.15, 0.2) is 0 Å². The molecule has 114 valence electrons. The van der Waals surface area contributed by atoms with E-state index in [0.29, 0.717) is 13.0 Å². The quantitative estimate of drug-likeness (QED) is 0.848. The van der Waals surface area contributed by atoms with E-state index in [4.69, 9.17) is 9.47 Å². The van der Waals surface area contributed by atoms with Crippen molar-refractivity contribution < 1.29 is 19.4 Å². The third-order valence-corrected chi connectivity index (χ3v) is 4.81. The first kappa shape index (κ1) is 14.3. The highest BCUT2D eigenvalue weighted by molar-refractivity contribution is 5.78. The number of aliphatic hydroxyl groups is 1. The Morgan fingerprint density at radius 1 is 1.40 bits per heavy atom. The molecule has 1 N–H and O–H groups in total. The third-order valence-electron chi connectivity index (χ3n) is 4.81. The van der Waals surface area contributed by atoms with E-state index in [-0.39, 0.29) is 30.1 Å². The molecule has 0 aromatic rings. The molecule has 0 aromatic heterocycles. The summed E-state index contributed by atoms with van der Waals surface area (Å²) in [5, 5.41) is 10.7. The summed E-state index contributed by atoms with van der Waals surface area (Å²) in [6.45, 7) is 6.46. The first-order valence-corrected chi connectivity index (χ1v) is 7.76. The second-order valence-corrected chi connectivity index (χ2v) is 6.77. The predicted octanol–water partition coefficient (Wildman–Crippen LogP) is 1.29. The van der Waals surface area contributed by atoms with Crippen molar-refractivity contribution in [1.29, 1.82) is 0 Å². The maximum atomic E-state index is 12.3. The van der Waals surface area contributed by atoms with Crippen LogP contribution < -0.4 is 0 Å². The molecular weight excluding hydrogens is 258 g/mol. The second-order valence-electron chi connectivity index (χ2n) is 6.77. The van der Waals surface area contributed by atoms with Crippen LogP contribution in [-0.2, 0) is 14.3 Å². The number of unbranched alkanes of at least 4 members (excludes halogenated alkanes) is 1. The van der Waals surface area contributed by atoms with Crippen LogP contribution in [-0.4, -0.2) is 52.6 Å². The standard InChI is InChI=1S/C15H25NO4/c1-4-5-6-9-7-11(17)16-8-10-14(12(16)13(9)18)20-15(2,3)19-10/h9-10,12-14,18H,4-8H2,1-3H3/t9-,10?,12+,13+,14-/m1/s1. The molecule has 20 heavy (non-hydrogen) atoms. The smallest absolute Gasteiger partial charge is 0.223 e. The highest BCUT2D eigenvalue weighted by Crippen LogP contribution is 2.42. The summed E-state index contributed by atoms with van der Waals surface area (Å²) in [4.78, 5) is 14.1. The summed E-state index contributed by atoms with van der Waals surface area (Å²) in [5.41, 5.74) is 0. The van der Waals surface area contributed by atoms with E-state index in [2.05, 4.69) is 6.92 Å². The monoisotopic (exact) mass is 283 g/mol. The topological polar surface area (TPSA) is 59.0 Å². The number of piperidine rings is 1. The zero-order valence-corrected chi connectivity index (χ0v) is 12.5. The molecule has 3 heterocycles. The fourth-order valence-corrected chi connectivity index (χ4v) is 3.91. The summed E-state index contributed by atoms with van der Waals surface area (Å²) < 4.78 is 11.8. The molecular formula is C15H25NO4. The lowest BCUT2D eigenvalue weighted by Gasteiger charge is -2.41. The van der Waals surface area contributed by atoms with Gasteiger partial charge in [-0.25, -0.2) is 0 Å². The average Bonchev–Trinajstić information content (AvgIpc) is 2.84. The first-order valence-electron chi connectivity index (χ1n) is 7.76. The Balaban J connectivity index is 1.77. The molecule has 0 spiro atoms. The van der Waals surface area contributed by atoms with E-state index in [1.807, 2.05) is 13.8 Å².